The van der Waals surface area contributed by atoms with Crippen LogP contribution in [0.25, 0.3) is 0 Å². The quantitative estimate of drug-likeness (QED) is 0.334. The molecule has 0 aromatic heterocycles. The first kappa shape index (κ1) is 25.0. The molecule has 0 aromatic rings. The van der Waals surface area contributed by atoms with Gasteiger partial charge in [0.15, 0.2) is 5.78 Å². The van der Waals surface area contributed by atoms with Gasteiger partial charge in [0.05, 0.1) is 29.1 Å². The molecule has 200 valence electrons. The Balaban J connectivity index is 1.32. The summed E-state index contributed by atoms with van der Waals surface area (Å²) < 4.78 is 11.6. The molecule has 36 heavy (non-hydrogen) atoms. The lowest BCUT2D eigenvalue weighted by molar-refractivity contribution is -0.199. The fourth-order valence-electron chi connectivity index (χ4n) is 9.98. The number of hydrogen-bond acceptors (Lipinski definition) is 8. The van der Waals surface area contributed by atoms with Gasteiger partial charge in [-0.25, -0.2) is 0 Å². The fraction of sp³-hybridized carbons (Fsp3) is 0.857. The van der Waals surface area contributed by atoms with Crippen molar-refractivity contribution in [3.05, 3.63) is 12.2 Å². The Labute approximate surface area is 212 Å². The molecule has 8 nitrogen and oxygen atoms in total. The van der Waals surface area contributed by atoms with Gasteiger partial charge in [-0.2, -0.15) is 0 Å². The molecule has 6 aliphatic rings. The van der Waals surface area contributed by atoms with E-state index in [-0.39, 0.29) is 47.4 Å². The summed E-state index contributed by atoms with van der Waals surface area (Å²) in [5, 5.41) is 45.5. The van der Waals surface area contributed by atoms with E-state index in [2.05, 4.69) is 6.92 Å². The van der Waals surface area contributed by atoms with Crippen molar-refractivity contribution in [3.8, 4) is 0 Å². The standard InChI is InChI=1S/C28H40O8/c1-12-13(2)24(33)35-21(12)23(32)27(5,34)22-17(29)11-16-14-10-20-28(36-20)19(31)7-6-18(30)26(28,4)15(14)8-9-25(16,22)3/h6-7,12-17,19-23,29,31-32,34H,8-11H2,1-5H3/t12-,13-,14-,15+,16+,17+,19+,20-,21?,22+,23-,25+,26+,27-,28-/m1/s1. The van der Waals surface area contributed by atoms with Gasteiger partial charge in [0, 0.05) is 11.8 Å². The highest BCUT2D eigenvalue weighted by Crippen LogP contribution is 2.73. The largest absolute Gasteiger partial charge is 0.459 e. The number of ether oxygens (including phenoxy) is 2. The molecule has 2 aliphatic heterocycles. The van der Waals surface area contributed by atoms with Crippen LogP contribution in [0, 0.1) is 46.3 Å². The van der Waals surface area contributed by atoms with Crippen molar-refractivity contribution in [2.75, 3.05) is 0 Å². The lowest BCUT2D eigenvalue weighted by atomic mass is 9.44. The molecule has 2 heterocycles. The van der Waals surface area contributed by atoms with E-state index in [4.69, 9.17) is 9.47 Å². The zero-order valence-electron chi connectivity index (χ0n) is 21.8. The van der Waals surface area contributed by atoms with Crippen molar-refractivity contribution in [3.63, 3.8) is 0 Å². The predicted octanol–water partition coefficient (Wildman–Crippen LogP) is 1.37. The monoisotopic (exact) mass is 504 g/mol. The molecule has 5 fully saturated rings. The predicted molar refractivity (Wildman–Crippen MR) is 127 cm³/mol. The van der Waals surface area contributed by atoms with Crippen LogP contribution in [0.1, 0.15) is 60.3 Å². The molecule has 0 radical (unpaired) electrons. The van der Waals surface area contributed by atoms with Crippen molar-refractivity contribution in [2.24, 2.45) is 46.3 Å². The lowest BCUT2D eigenvalue weighted by Crippen LogP contribution is -2.64. The van der Waals surface area contributed by atoms with Crippen LogP contribution < -0.4 is 0 Å². The Morgan fingerprint density at radius 3 is 2.47 bits per heavy atom. The van der Waals surface area contributed by atoms with E-state index in [0.29, 0.717) is 25.7 Å². The molecular weight excluding hydrogens is 464 g/mol. The number of cyclic esters (lactones) is 1. The maximum Gasteiger partial charge on any atom is 0.309 e. The second-order valence-electron chi connectivity index (χ2n) is 13.4. The number of epoxide rings is 1. The van der Waals surface area contributed by atoms with Crippen LogP contribution >= 0.6 is 0 Å². The summed E-state index contributed by atoms with van der Waals surface area (Å²) in [6, 6.07) is 0. The molecule has 1 unspecified atom stereocenters. The van der Waals surface area contributed by atoms with Gasteiger partial charge in [0.25, 0.3) is 0 Å². The molecule has 2 saturated heterocycles. The third kappa shape index (κ3) is 2.73. The highest BCUT2D eigenvalue weighted by Gasteiger charge is 2.80. The first-order valence-corrected chi connectivity index (χ1v) is 13.6. The van der Waals surface area contributed by atoms with Crippen LogP contribution in [0.5, 0.6) is 0 Å². The van der Waals surface area contributed by atoms with Gasteiger partial charge in [-0.15, -0.1) is 0 Å². The fourth-order valence-corrected chi connectivity index (χ4v) is 9.98. The topological polar surface area (TPSA) is 137 Å². The van der Waals surface area contributed by atoms with Crippen LogP contribution in [-0.4, -0.2) is 73.9 Å². The number of aliphatic hydroxyl groups excluding tert-OH is 3. The number of fused-ring (bicyclic) bond motifs is 4. The minimum absolute atomic E-state index is 0.00101. The number of esters is 1. The van der Waals surface area contributed by atoms with E-state index in [9.17, 15) is 30.0 Å². The molecule has 6 rings (SSSR count). The van der Waals surface area contributed by atoms with E-state index in [1.807, 2.05) is 13.8 Å². The molecule has 0 bridgehead atoms. The average molecular weight is 505 g/mol. The normalized spacial score (nSPS) is 57.7. The Kier molecular flexibility index (Phi) is 5.14. The van der Waals surface area contributed by atoms with E-state index in [1.165, 1.54) is 6.08 Å². The van der Waals surface area contributed by atoms with Crippen LogP contribution in [0.2, 0.25) is 0 Å². The number of ketones is 1. The molecule has 1 spiro atoms. The van der Waals surface area contributed by atoms with E-state index in [1.54, 1.807) is 19.9 Å². The second kappa shape index (κ2) is 7.41. The molecule has 8 heteroatoms. The third-order valence-electron chi connectivity index (χ3n) is 12.1. The van der Waals surface area contributed by atoms with Gasteiger partial charge >= 0.3 is 5.97 Å². The number of carbonyl (C=O) groups is 2. The van der Waals surface area contributed by atoms with Gasteiger partial charge in [-0.3, -0.25) is 9.59 Å². The zero-order chi connectivity index (χ0) is 26.2. The number of rotatable bonds is 3. The summed E-state index contributed by atoms with van der Waals surface area (Å²) in [4.78, 5) is 25.5. The summed E-state index contributed by atoms with van der Waals surface area (Å²) >= 11 is 0. The number of aliphatic hydroxyl groups is 4. The van der Waals surface area contributed by atoms with E-state index >= 15 is 0 Å². The SMILES string of the molecule is C[C@H]1C(=O)OC([C@@H](O)[C@](C)(O)[C@H]2[C@@H](O)C[C@H]3[C@@H]4C[C@H]5O[C@]56[C@@H](O)C=CC(=O)[C@]6(C)[C@H]4CC[C@]23C)[C@@H]1C. The van der Waals surface area contributed by atoms with Crippen LogP contribution in [-0.2, 0) is 19.1 Å². The van der Waals surface area contributed by atoms with Crippen molar-refractivity contribution in [2.45, 2.75) is 102 Å². The molecule has 15 atom stereocenters. The van der Waals surface area contributed by atoms with Crippen molar-refractivity contribution in [1.29, 1.82) is 0 Å². The highest BCUT2D eigenvalue weighted by molar-refractivity contribution is 5.98. The highest BCUT2D eigenvalue weighted by atomic mass is 16.6. The van der Waals surface area contributed by atoms with Crippen LogP contribution in [0.3, 0.4) is 0 Å². The van der Waals surface area contributed by atoms with Gasteiger partial charge < -0.3 is 29.9 Å². The molecule has 0 amide bonds. The number of allylic oxidation sites excluding steroid dienone is 1. The molecule has 0 aromatic carbocycles. The molecule has 4 aliphatic carbocycles. The summed E-state index contributed by atoms with van der Waals surface area (Å²) in [5.74, 6) is -1.52. The smallest absolute Gasteiger partial charge is 0.309 e. The minimum Gasteiger partial charge on any atom is -0.459 e. The summed E-state index contributed by atoms with van der Waals surface area (Å²) in [6.45, 7) is 9.21. The number of carbonyl (C=O) groups excluding carboxylic acids is 2. The van der Waals surface area contributed by atoms with Gasteiger partial charge in [0.2, 0.25) is 0 Å². The summed E-state index contributed by atoms with van der Waals surface area (Å²) in [6.07, 6.45) is 1.57. The Bertz CT molecular complexity index is 1020. The summed E-state index contributed by atoms with van der Waals surface area (Å²) in [5.41, 5.74) is -3.85. The zero-order valence-corrected chi connectivity index (χ0v) is 21.8. The van der Waals surface area contributed by atoms with Gasteiger partial charge in [-0.1, -0.05) is 20.8 Å². The summed E-state index contributed by atoms with van der Waals surface area (Å²) in [7, 11) is 0. The van der Waals surface area contributed by atoms with E-state index < -0.39 is 52.4 Å². The third-order valence-corrected chi connectivity index (χ3v) is 12.1. The van der Waals surface area contributed by atoms with E-state index in [0.717, 1.165) is 0 Å². The van der Waals surface area contributed by atoms with Crippen molar-refractivity contribution < 1.29 is 39.5 Å². The molecule has 4 N–H and O–H groups in total. The Morgan fingerprint density at radius 2 is 1.83 bits per heavy atom. The first-order valence-electron chi connectivity index (χ1n) is 13.6. The van der Waals surface area contributed by atoms with Gasteiger partial charge in [0.1, 0.15) is 23.9 Å². The Morgan fingerprint density at radius 1 is 1.14 bits per heavy atom. The maximum absolute atomic E-state index is 13.3. The van der Waals surface area contributed by atoms with Crippen LogP contribution in [0.15, 0.2) is 12.2 Å². The molecular formula is C28H40O8. The van der Waals surface area contributed by atoms with Gasteiger partial charge in [-0.05, 0) is 74.9 Å². The maximum atomic E-state index is 13.3. The minimum atomic E-state index is -1.68. The van der Waals surface area contributed by atoms with Crippen molar-refractivity contribution in [1.82, 2.24) is 0 Å². The lowest BCUT2D eigenvalue weighted by Gasteiger charge is -2.58. The first-order chi connectivity index (χ1) is 16.7. The Hall–Kier alpha value is -1.32. The molecule has 3 saturated carbocycles. The average Bonchev–Trinajstić information content (AvgIpc) is 3.41. The van der Waals surface area contributed by atoms with Crippen LogP contribution in [0.4, 0.5) is 0 Å². The number of hydrogen-bond donors (Lipinski definition) is 4. The second-order valence-corrected chi connectivity index (χ2v) is 13.4. The van der Waals surface area contributed by atoms with Crippen molar-refractivity contribution >= 4 is 11.8 Å².